The molecule has 1 aromatic carbocycles. The van der Waals surface area contributed by atoms with E-state index in [2.05, 4.69) is 10.1 Å². The van der Waals surface area contributed by atoms with E-state index in [1.807, 2.05) is 30.3 Å². The molecule has 5 nitrogen and oxygen atoms in total. The molecule has 1 atom stereocenters. The molecule has 2 aromatic rings. The first-order valence-corrected chi connectivity index (χ1v) is 6.86. The first kappa shape index (κ1) is 12.8. The van der Waals surface area contributed by atoms with Crippen LogP contribution in [0.2, 0.25) is 0 Å². The summed E-state index contributed by atoms with van der Waals surface area (Å²) in [5.74, 6) is 1.65. The molecule has 1 aromatic heterocycles. The van der Waals surface area contributed by atoms with Gasteiger partial charge in [0.2, 0.25) is 11.7 Å². The van der Waals surface area contributed by atoms with Crippen molar-refractivity contribution in [2.45, 2.75) is 38.2 Å². The molecule has 5 heteroatoms. The molecular weight excluding hydrogens is 256 g/mol. The van der Waals surface area contributed by atoms with Crippen LogP contribution in [0.5, 0.6) is 5.75 Å². The summed E-state index contributed by atoms with van der Waals surface area (Å²) in [6.45, 7) is 0.244. The fourth-order valence-corrected chi connectivity index (χ4v) is 2.38. The van der Waals surface area contributed by atoms with Gasteiger partial charge in [-0.2, -0.15) is 4.98 Å². The molecule has 0 spiro atoms. The normalized spacial score (nSPS) is 19.0. The quantitative estimate of drug-likeness (QED) is 0.856. The number of aromatic nitrogens is 2. The van der Waals surface area contributed by atoms with E-state index in [1.165, 1.54) is 0 Å². The molecule has 104 valence electrons. The van der Waals surface area contributed by atoms with Crippen LogP contribution in [0.4, 0.5) is 0 Å². The Kier molecular flexibility index (Phi) is 3.76. The van der Waals surface area contributed by atoms with Crippen LogP contribution in [0, 0.1) is 0 Å². The van der Waals surface area contributed by atoms with Gasteiger partial charge in [-0.3, -0.25) is 4.79 Å². The van der Waals surface area contributed by atoms with Gasteiger partial charge in [0.15, 0.2) is 6.61 Å². The maximum Gasteiger partial charge on any atom is 0.237 e. The fourth-order valence-electron chi connectivity index (χ4n) is 2.38. The van der Waals surface area contributed by atoms with E-state index in [-0.39, 0.29) is 18.3 Å². The lowest BCUT2D eigenvalue weighted by Gasteiger charge is -2.16. The minimum Gasteiger partial charge on any atom is -0.485 e. The second-order valence-corrected chi connectivity index (χ2v) is 4.92. The van der Waals surface area contributed by atoms with Crippen molar-refractivity contribution in [1.29, 1.82) is 0 Å². The number of ketones is 1. The van der Waals surface area contributed by atoms with E-state index in [0.717, 1.165) is 25.0 Å². The molecular formula is C15H16N2O3. The first-order valence-electron chi connectivity index (χ1n) is 6.86. The number of benzene rings is 1. The largest absolute Gasteiger partial charge is 0.485 e. The number of rotatable bonds is 4. The van der Waals surface area contributed by atoms with Crippen LogP contribution in [-0.4, -0.2) is 15.9 Å². The summed E-state index contributed by atoms with van der Waals surface area (Å²) < 4.78 is 10.8. The van der Waals surface area contributed by atoms with Crippen molar-refractivity contribution in [3.63, 3.8) is 0 Å². The molecule has 20 heavy (non-hydrogen) atoms. The molecule has 0 saturated heterocycles. The van der Waals surface area contributed by atoms with Crippen LogP contribution in [0.25, 0.3) is 0 Å². The van der Waals surface area contributed by atoms with Crippen molar-refractivity contribution >= 4 is 5.78 Å². The van der Waals surface area contributed by atoms with Gasteiger partial charge in [-0.1, -0.05) is 29.8 Å². The SMILES string of the molecule is O=C1CCCCC1c1nc(COc2ccccc2)no1. The molecule has 1 fully saturated rings. The maximum absolute atomic E-state index is 11.8. The average molecular weight is 272 g/mol. The molecule has 1 heterocycles. The van der Waals surface area contributed by atoms with Gasteiger partial charge in [-0.15, -0.1) is 0 Å². The van der Waals surface area contributed by atoms with E-state index in [9.17, 15) is 4.79 Å². The highest BCUT2D eigenvalue weighted by Gasteiger charge is 2.28. The minimum absolute atomic E-state index is 0.204. The first-order chi connectivity index (χ1) is 9.83. The van der Waals surface area contributed by atoms with E-state index in [1.54, 1.807) is 0 Å². The summed E-state index contributed by atoms with van der Waals surface area (Å²) in [7, 11) is 0. The number of ether oxygens (including phenoxy) is 1. The van der Waals surface area contributed by atoms with Gasteiger partial charge in [0.25, 0.3) is 0 Å². The van der Waals surface area contributed by atoms with Crippen LogP contribution in [-0.2, 0) is 11.4 Å². The Balaban J connectivity index is 1.63. The minimum atomic E-state index is -0.221. The van der Waals surface area contributed by atoms with Gasteiger partial charge in [-0.25, -0.2) is 0 Å². The zero-order chi connectivity index (χ0) is 13.8. The molecule has 0 N–H and O–H groups in total. The van der Waals surface area contributed by atoms with Crippen molar-refractivity contribution in [3.05, 3.63) is 42.0 Å². The molecule has 1 aliphatic rings. The molecule has 3 rings (SSSR count). The van der Waals surface area contributed by atoms with E-state index >= 15 is 0 Å². The number of nitrogens with zero attached hydrogens (tertiary/aromatic N) is 2. The Morgan fingerprint density at radius 2 is 2.10 bits per heavy atom. The number of carbonyl (C=O) groups excluding carboxylic acids is 1. The Labute approximate surface area is 116 Å². The number of hydrogen-bond donors (Lipinski definition) is 0. The molecule has 0 bridgehead atoms. The van der Waals surface area contributed by atoms with E-state index in [0.29, 0.717) is 18.1 Å². The third-order valence-electron chi connectivity index (χ3n) is 3.45. The highest BCUT2D eigenvalue weighted by atomic mass is 16.5. The lowest BCUT2D eigenvalue weighted by molar-refractivity contribution is -0.122. The monoisotopic (exact) mass is 272 g/mol. The maximum atomic E-state index is 11.8. The molecule has 1 saturated carbocycles. The van der Waals surface area contributed by atoms with Crippen LogP contribution < -0.4 is 4.74 Å². The number of carbonyl (C=O) groups is 1. The van der Waals surface area contributed by atoms with Crippen LogP contribution in [0.1, 0.15) is 43.3 Å². The van der Waals surface area contributed by atoms with Gasteiger partial charge >= 0.3 is 0 Å². The molecule has 0 amide bonds. The highest BCUT2D eigenvalue weighted by molar-refractivity contribution is 5.85. The van der Waals surface area contributed by atoms with Gasteiger partial charge < -0.3 is 9.26 Å². The van der Waals surface area contributed by atoms with Gasteiger partial charge in [-0.05, 0) is 25.0 Å². The topological polar surface area (TPSA) is 65.2 Å². The predicted octanol–water partition coefficient (Wildman–Crippen LogP) is 2.88. The second-order valence-electron chi connectivity index (χ2n) is 4.92. The Morgan fingerprint density at radius 1 is 1.25 bits per heavy atom. The van der Waals surface area contributed by atoms with Crippen molar-refractivity contribution in [2.24, 2.45) is 0 Å². The van der Waals surface area contributed by atoms with Crippen molar-refractivity contribution in [1.82, 2.24) is 10.1 Å². The Morgan fingerprint density at radius 3 is 2.90 bits per heavy atom. The van der Waals surface area contributed by atoms with Crippen molar-refractivity contribution < 1.29 is 14.1 Å². The Bertz CT molecular complexity index is 580. The highest BCUT2D eigenvalue weighted by Crippen LogP contribution is 2.28. The summed E-state index contributed by atoms with van der Waals surface area (Å²) in [5, 5.41) is 3.88. The van der Waals surface area contributed by atoms with Crippen LogP contribution >= 0.6 is 0 Å². The van der Waals surface area contributed by atoms with Crippen LogP contribution in [0.15, 0.2) is 34.9 Å². The standard InChI is InChI=1S/C15H16N2O3/c18-13-9-5-4-8-12(13)15-16-14(17-20-15)10-19-11-6-2-1-3-7-11/h1-3,6-7,12H,4-5,8-10H2. The zero-order valence-electron chi connectivity index (χ0n) is 11.1. The molecule has 0 aliphatic heterocycles. The van der Waals surface area contributed by atoms with E-state index < -0.39 is 0 Å². The lowest BCUT2D eigenvalue weighted by atomic mass is 9.88. The summed E-state index contributed by atoms with van der Waals surface area (Å²) in [6.07, 6.45) is 3.42. The van der Waals surface area contributed by atoms with E-state index in [4.69, 9.17) is 9.26 Å². The lowest BCUT2D eigenvalue weighted by Crippen LogP contribution is -2.17. The Hall–Kier alpha value is -2.17. The van der Waals surface area contributed by atoms with Crippen LogP contribution in [0.3, 0.4) is 0 Å². The van der Waals surface area contributed by atoms with Crippen molar-refractivity contribution in [2.75, 3.05) is 0 Å². The summed E-state index contributed by atoms with van der Waals surface area (Å²) in [6, 6.07) is 9.46. The third kappa shape index (κ3) is 2.87. The summed E-state index contributed by atoms with van der Waals surface area (Å²) >= 11 is 0. The van der Waals surface area contributed by atoms with Gasteiger partial charge in [0.1, 0.15) is 11.5 Å². The predicted molar refractivity (Wildman–Crippen MR) is 71.3 cm³/mol. The van der Waals surface area contributed by atoms with Gasteiger partial charge in [0.05, 0.1) is 5.92 Å². The second kappa shape index (κ2) is 5.86. The third-order valence-corrected chi connectivity index (χ3v) is 3.45. The average Bonchev–Trinajstić information content (AvgIpc) is 2.95. The molecule has 1 aliphatic carbocycles. The number of hydrogen-bond acceptors (Lipinski definition) is 5. The molecule has 1 unspecified atom stereocenters. The smallest absolute Gasteiger partial charge is 0.237 e. The summed E-state index contributed by atoms with van der Waals surface area (Å²) in [5.41, 5.74) is 0. The molecule has 0 radical (unpaired) electrons. The number of para-hydroxylation sites is 1. The number of Topliss-reactive ketones (excluding diaryl/α,β-unsaturated/α-hetero) is 1. The fraction of sp³-hybridized carbons (Fsp3) is 0.400. The van der Waals surface area contributed by atoms with Crippen molar-refractivity contribution in [3.8, 4) is 5.75 Å². The zero-order valence-corrected chi connectivity index (χ0v) is 11.1. The summed E-state index contributed by atoms with van der Waals surface area (Å²) in [4.78, 5) is 16.1. The van der Waals surface area contributed by atoms with Gasteiger partial charge in [0, 0.05) is 6.42 Å².